The van der Waals surface area contributed by atoms with Crippen LogP contribution in [0.1, 0.15) is 40.9 Å². The Morgan fingerprint density at radius 1 is 1.27 bits per heavy atom. The molecule has 1 aromatic heterocycles. The van der Waals surface area contributed by atoms with Gasteiger partial charge in [-0.2, -0.15) is 0 Å². The number of sulfonamides is 1. The van der Waals surface area contributed by atoms with Crippen LogP contribution in [-0.2, 0) is 19.5 Å². The molecule has 3 rings (SSSR count). The number of rotatable bonds is 6. The van der Waals surface area contributed by atoms with Crippen molar-refractivity contribution < 1.29 is 22.7 Å². The first-order valence-electron chi connectivity index (χ1n) is 8.47. The molecule has 2 heterocycles. The van der Waals surface area contributed by atoms with E-state index in [-0.39, 0.29) is 23.0 Å². The maximum Gasteiger partial charge on any atom is 0.341 e. The molecule has 1 saturated heterocycles. The van der Waals surface area contributed by atoms with Crippen LogP contribution in [0.3, 0.4) is 0 Å². The molecule has 0 aliphatic carbocycles. The van der Waals surface area contributed by atoms with Crippen molar-refractivity contribution in [2.75, 3.05) is 24.5 Å². The van der Waals surface area contributed by atoms with E-state index in [2.05, 4.69) is 4.72 Å². The Morgan fingerprint density at radius 3 is 2.62 bits per heavy atom. The van der Waals surface area contributed by atoms with Gasteiger partial charge >= 0.3 is 5.97 Å². The standard InChI is InChI=1S/C18H21NO5S2/c1-2-24-18(20)15-12-16(13-8-10-23-11-9-13)25-17(15)19-26(21,22)14-6-4-3-5-7-14/h3-7,12-13,19H,2,8-11H2,1H3. The number of hydrogen-bond acceptors (Lipinski definition) is 6. The van der Waals surface area contributed by atoms with Crippen LogP contribution >= 0.6 is 11.3 Å². The van der Waals surface area contributed by atoms with Gasteiger partial charge in [-0.15, -0.1) is 11.3 Å². The van der Waals surface area contributed by atoms with Crippen molar-refractivity contribution in [2.45, 2.75) is 30.6 Å². The van der Waals surface area contributed by atoms with Crippen molar-refractivity contribution in [3.63, 3.8) is 0 Å². The number of nitrogens with one attached hydrogen (secondary N) is 1. The number of hydrogen-bond donors (Lipinski definition) is 1. The monoisotopic (exact) mass is 395 g/mol. The number of esters is 1. The molecule has 1 aliphatic heterocycles. The minimum atomic E-state index is -3.77. The van der Waals surface area contributed by atoms with Gasteiger partial charge in [0.25, 0.3) is 10.0 Å². The van der Waals surface area contributed by atoms with Crippen LogP contribution in [0.4, 0.5) is 5.00 Å². The van der Waals surface area contributed by atoms with Crippen molar-refractivity contribution in [3.05, 3.63) is 46.8 Å². The molecule has 2 aromatic rings. The first-order chi connectivity index (χ1) is 12.5. The Kier molecular flexibility index (Phi) is 5.95. The largest absolute Gasteiger partial charge is 0.462 e. The maximum atomic E-state index is 12.6. The molecule has 0 bridgehead atoms. The third kappa shape index (κ3) is 4.25. The van der Waals surface area contributed by atoms with Crippen LogP contribution in [0.15, 0.2) is 41.3 Å². The summed E-state index contributed by atoms with van der Waals surface area (Å²) >= 11 is 1.30. The molecule has 140 valence electrons. The zero-order chi connectivity index (χ0) is 18.6. The first-order valence-corrected chi connectivity index (χ1v) is 10.8. The third-order valence-electron chi connectivity index (χ3n) is 4.15. The van der Waals surface area contributed by atoms with E-state index in [1.165, 1.54) is 23.5 Å². The van der Waals surface area contributed by atoms with E-state index in [0.29, 0.717) is 18.2 Å². The number of benzene rings is 1. The Morgan fingerprint density at radius 2 is 1.96 bits per heavy atom. The average molecular weight is 396 g/mol. The van der Waals surface area contributed by atoms with Crippen LogP contribution in [0.2, 0.25) is 0 Å². The smallest absolute Gasteiger partial charge is 0.341 e. The molecular weight excluding hydrogens is 374 g/mol. The van der Waals surface area contributed by atoms with Gasteiger partial charge in [-0.05, 0) is 43.9 Å². The summed E-state index contributed by atoms with van der Waals surface area (Å²) in [5, 5.41) is 0.300. The molecule has 6 nitrogen and oxygen atoms in total. The highest BCUT2D eigenvalue weighted by Crippen LogP contribution is 2.38. The highest BCUT2D eigenvalue weighted by Gasteiger charge is 2.26. The fourth-order valence-electron chi connectivity index (χ4n) is 2.81. The summed E-state index contributed by atoms with van der Waals surface area (Å²) in [5.74, 6) is -0.260. The lowest BCUT2D eigenvalue weighted by atomic mass is 9.98. The van der Waals surface area contributed by atoms with Crippen molar-refractivity contribution in [1.82, 2.24) is 0 Å². The third-order valence-corrected chi connectivity index (χ3v) is 6.86. The summed E-state index contributed by atoms with van der Waals surface area (Å²) in [4.78, 5) is 13.4. The van der Waals surface area contributed by atoms with E-state index < -0.39 is 16.0 Å². The molecule has 1 aliphatic rings. The maximum absolute atomic E-state index is 12.6. The minimum Gasteiger partial charge on any atom is -0.462 e. The Labute approximate surface area is 157 Å². The van der Waals surface area contributed by atoms with Gasteiger partial charge in [-0.1, -0.05) is 18.2 Å². The summed E-state index contributed by atoms with van der Waals surface area (Å²) in [7, 11) is -3.77. The Balaban J connectivity index is 1.93. The summed E-state index contributed by atoms with van der Waals surface area (Å²) < 4.78 is 38.3. The number of ether oxygens (including phenoxy) is 2. The fraction of sp³-hybridized carbons (Fsp3) is 0.389. The van der Waals surface area contributed by atoms with Crippen LogP contribution in [-0.4, -0.2) is 34.2 Å². The lowest BCUT2D eigenvalue weighted by molar-refractivity contribution is 0.0528. The molecule has 0 amide bonds. The normalized spacial score (nSPS) is 15.6. The molecule has 1 aromatic carbocycles. The second-order valence-corrected chi connectivity index (χ2v) is 8.68. The summed E-state index contributed by atoms with van der Waals surface area (Å²) in [6.45, 7) is 3.29. The average Bonchev–Trinajstić information content (AvgIpc) is 3.07. The van der Waals surface area contributed by atoms with E-state index in [9.17, 15) is 13.2 Å². The van der Waals surface area contributed by atoms with Gasteiger partial charge in [0.2, 0.25) is 0 Å². The quantitative estimate of drug-likeness (QED) is 0.756. The van der Waals surface area contributed by atoms with E-state index in [4.69, 9.17) is 9.47 Å². The molecule has 1 fully saturated rings. The van der Waals surface area contributed by atoms with Crippen molar-refractivity contribution in [1.29, 1.82) is 0 Å². The predicted octanol–water partition coefficient (Wildman–Crippen LogP) is 3.62. The zero-order valence-corrected chi connectivity index (χ0v) is 16.1. The SMILES string of the molecule is CCOC(=O)c1cc(C2CCOCC2)sc1NS(=O)(=O)c1ccccc1. The van der Waals surface area contributed by atoms with Crippen molar-refractivity contribution in [2.24, 2.45) is 0 Å². The highest BCUT2D eigenvalue weighted by atomic mass is 32.2. The van der Waals surface area contributed by atoms with Gasteiger partial charge < -0.3 is 9.47 Å². The van der Waals surface area contributed by atoms with Crippen LogP contribution in [0, 0.1) is 0 Å². The second kappa shape index (κ2) is 8.20. The van der Waals surface area contributed by atoms with E-state index in [1.807, 2.05) is 0 Å². The number of carbonyl (C=O) groups excluding carboxylic acids is 1. The van der Waals surface area contributed by atoms with E-state index in [1.54, 1.807) is 31.2 Å². The van der Waals surface area contributed by atoms with Crippen molar-refractivity contribution in [3.8, 4) is 0 Å². The first kappa shape index (κ1) is 18.9. The van der Waals surface area contributed by atoms with Crippen LogP contribution in [0.5, 0.6) is 0 Å². The molecule has 8 heteroatoms. The minimum absolute atomic E-state index is 0.149. The summed E-state index contributed by atoms with van der Waals surface area (Å²) in [6.07, 6.45) is 1.71. The number of carbonyl (C=O) groups is 1. The molecule has 0 radical (unpaired) electrons. The van der Waals surface area contributed by atoms with E-state index in [0.717, 1.165) is 17.7 Å². The van der Waals surface area contributed by atoms with Crippen LogP contribution < -0.4 is 4.72 Å². The number of anilines is 1. The topological polar surface area (TPSA) is 81.7 Å². The lowest BCUT2D eigenvalue weighted by Crippen LogP contribution is -2.14. The van der Waals surface area contributed by atoms with Gasteiger partial charge in [0.15, 0.2) is 0 Å². The molecule has 0 spiro atoms. The van der Waals surface area contributed by atoms with E-state index >= 15 is 0 Å². The van der Waals surface area contributed by atoms with Crippen molar-refractivity contribution >= 4 is 32.3 Å². The lowest BCUT2D eigenvalue weighted by Gasteiger charge is -2.20. The highest BCUT2D eigenvalue weighted by molar-refractivity contribution is 7.93. The molecule has 0 saturated carbocycles. The second-order valence-electron chi connectivity index (χ2n) is 5.92. The summed E-state index contributed by atoms with van der Waals surface area (Å²) in [6, 6.07) is 9.84. The predicted molar refractivity (Wildman–Crippen MR) is 100 cm³/mol. The van der Waals surface area contributed by atoms with Gasteiger partial charge in [0.1, 0.15) is 5.00 Å². The molecule has 1 N–H and O–H groups in total. The van der Waals surface area contributed by atoms with Gasteiger partial charge in [0.05, 0.1) is 17.1 Å². The fourth-order valence-corrected chi connectivity index (χ4v) is 5.36. The van der Waals surface area contributed by atoms with Gasteiger partial charge in [-0.3, -0.25) is 4.72 Å². The molecule has 0 atom stereocenters. The van der Waals surface area contributed by atoms with Gasteiger partial charge in [0, 0.05) is 18.1 Å². The van der Waals surface area contributed by atoms with Gasteiger partial charge in [-0.25, -0.2) is 13.2 Å². The molecule has 26 heavy (non-hydrogen) atoms. The Bertz CT molecular complexity index is 855. The van der Waals surface area contributed by atoms with Crippen LogP contribution in [0.25, 0.3) is 0 Å². The Hall–Kier alpha value is -1.90. The zero-order valence-electron chi connectivity index (χ0n) is 14.4. The number of thiophene rings is 1. The summed E-state index contributed by atoms with van der Waals surface area (Å²) in [5.41, 5.74) is 0.262. The molecule has 0 unspecified atom stereocenters. The molecular formula is C18H21NO5S2.